The van der Waals surface area contributed by atoms with Crippen LogP contribution in [0.15, 0.2) is 47.6 Å². The quantitative estimate of drug-likeness (QED) is 0.390. The van der Waals surface area contributed by atoms with Crippen molar-refractivity contribution in [1.82, 2.24) is 0 Å². The van der Waals surface area contributed by atoms with Crippen LogP contribution in [0.1, 0.15) is 91.9 Å². The van der Waals surface area contributed by atoms with E-state index in [1.807, 2.05) is 7.11 Å². The fourth-order valence-electron chi connectivity index (χ4n) is 7.04. The second-order valence-corrected chi connectivity index (χ2v) is 11.9. The minimum Gasteiger partial charge on any atom is -0.396 e. The predicted molar refractivity (Wildman–Crippen MR) is 137 cm³/mol. The summed E-state index contributed by atoms with van der Waals surface area (Å²) in [7, 11) is 1.83. The average Bonchev–Trinajstić information content (AvgIpc) is 3.10. The number of methoxy groups -OCH3 is 1. The molecular weight excluding hydrogens is 392 g/mol. The Labute approximate surface area is 197 Å². The number of aliphatic hydroxyl groups is 1. The molecule has 0 aromatic rings. The van der Waals surface area contributed by atoms with Crippen molar-refractivity contribution in [2.45, 2.75) is 97.5 Å². The van der Waals surface area contributed by atoms with Gasteiger partial charge in [0.1, 0.15) is 0 Å². The first kappa shape index (κ1) is 25.5. The maximum Gasteiger partial charge on any atom is 0.0622 e. The third-order valence-corrected chi connectivity index (χ3v) is 9.37. The fraction of sp³-hybridized carbons (Fsp3) is 0.733. The molecule has 5 atom stereocenters. The van der Waals surface area contributed by atoms with Crippen LogP contribution >= 0.6 is 0 Å². The molecule has 0 aliphatic heterocycles. The molecule has 2 heteroatoms. The molecule has 0 aromatic carbocycles. The van der Waals surface area contributed by atoms with Crippen molar-refractivity contribution in [3.63, 3.8) is 0 Å². The Kier molecular flexibility index (Phi) is 8.31. The molecular formula is C30H48O2. The molecule has 0 amide bonds. The van der Waals surface area contributed by atoms with E-state index in [-0.39, 0.29) is 18.1 Å². The average molecular weight is 441 g/mol. The van der Waals surface area contributed by atoms with E-state index in [1.165, 1.54) is 56.1 Å². The van der Waals surface area contributed by atoms with E-state index in [1.54, 1.807) is 5.57 Å². The van der Waals surface area contributed by atoms with E-state index in [0.717, 1.165) is 42.6 Å². The summed E-state index contributed by atoms with van der Waals surface area (Å²) in [4.78, 5) is 0. The lowest BCUT2D eigenvalue weighted by molar-refractivity contribution is 0.0108. The van der Waals surface area contributed by atoms with Crippen molar-refractivity contribution in [2.75, 3.05) is 13.7 Å². The van der Waals surface area contributed by atoms with Gasteiger partial charge < -0.3 is 9.84 Å². The predicted octanol–water partition coefficient (Wildman–Crippen LogP) is 7.80. The Morgan fingerprint density at radius 3 is 2.69 bits per heavy atom. The number of fused-ring (bicyclic) bond motifs is 1. The first-order chi connectivity index (χ1) is 15.1. The number of aliphatic hydroxyl groups excluding tert-OH is 1. The van der Waals surface area contributed by atoms with Gasteiger partial charge in [0.05, 0.1) is 5.60 Å². The Morgan fingerprint density at radius 2 is 2.00 bits per heavy atom. The molecule has 0 saturated heterocycles. The molecule has 180 valence electrons. The van der Waals surface area contributed by atoms with E-state index in [0.29, 0.717) is 5.41 Å². The van der Waals surface area contributed by atoms with Crippen LogP contribution in [-0.4, -0.2) is 24.4 Å². The normalized spacial score (nSPS) is 34.9. The third kappa shape index (κ3) is 5.50. The van der Waals surface area contributed by atoms with Gasteiger partial charge in [0.15, 0.2) is 0 Å². The van der Waals surface area contributed by atoms with Crippen LogP contribution in [0.5, 0.6) is 0 Å². The minimum atomic E-state index is 0.000597. The lowest BCUT2D eigenvalue weighted by Gasteiger charge is -2.44. The summed E-state index contributed by atoms with van der Waals surface area (Å²) in [5, 5.41) is 9.70. The van der Waals surface area contributed by atoms with Gasteiger partial charge in [-0.05, 0) is 99.5 Å². The van der Waals surface area contributed by atoms with Crippen molar-refractivity contribution in [3.05, 3.63) is 47.6 Å². The highest BCUT2D eigenvalue weighted by atomic mass is 16.5. The molecule has 32 heavy (non-hydrogen) atoms. The van der Waals surface area contributed by atoms with Crippen molar-refractivity contribution < 1.29 is 9.84 Å². The second kappa shape index (κ2) is 10.4. The summed E-state index contributed by atoms with van der Waals surface area (Å²) in [6.45, 7) is 18.2. The summed E-state index contributed by atoms with van der Waals surface area (Å²) in [5.41, 5.74) is 5.76. The summed E-state index contributed by atoms with van der Waals surface area (Å²) in [6, 6.07) is 0. The van der Waals surface area contributed by atoms with Crippen molar-refractivity contribution in [1.29, 1.82) is 0 Å². The van der Waals surface area contributed by atoms with Gasteiger partial charge in [0.25, 0.3) is 0 Å². The number of allylic oxidation sites excluding steroid dienone is 5. The number of rotatable bonds is 8. The Morgan fingerprint density at radius 1 is 1.25 bits per heavy atom. The molecule has 0 aromatic heterocycles. The summed E-state index contributed by atoms with van der Waals surface area (Å²) in [6.07, 6.45) is 16.9. The zero-order valence-electron chi connectivity index (χ0n) is 21.5. The molecule has 0 bridgehead atoms. The molecule has 1 N–H and O–H groups in total. The summed E-state index contributed by atoms with van der Waals surface area (Å²) >= 11 is 0. The first-order valence-corrected chi connectivity index (χ1v) is 13.0. The van der Waals surface area contributed by atoms with Gasteiger partial charge in [-0.25, -0.2) is 0 Å². The van der Waals surface area contributed by atoms with E-state index < -0.39 is 0 Å². The smallest absolute Gasteiger partial charge is 0.0622 e. The highest BCUT2D eigenvalue weighted by Crippen LogP contribution is 2.60. The van der Waals surface area contributed by atoms with Crippen molar-refractivity contribution in [2.24, 2.45) is 29.1 Å². The van der Waals surface area contributed by atoms with Gasteiger partial charge in [-0.15, -0.1) is 0 Å². The summed E-state index contributed by atoms with van der Waals surface area (Å²) < 4.78 is 5.63. The Bertz CT molecular complexity index is 755. The largest absolute Gasteiger partial charge is 0.396 e. The molecule has 3 saturated carbocycles. The number of ether oxygens (including phenoxy) is 1. The lowest BCUT2D eigenvalue weighted by atomic mass is 9.60. The maximum absolute atomic E-state index is 9.70. The highest BCUT2D eigenvalue weighted by molar-refractivity contribution is 5.41. The van der Waals surface area contributed by atoms with Crippen molar-refractivity contribution >= 4 is 0 Å². The van der Waals surface area contributed by atoms with Crippen LogP contribution in [0.2, 0.25) is 0 Å². The molecule has 3 rings (SSSR count). The Hall–Kier alpha value is -1.12. The number of hydrogen-bond acceptors (Lipinski definition) is 2. The molecule has 0 spiro atoms. The Balaban J connectivity index is 1.68. The first-order valence-electron chi connectivity index (χ1n) is 13.0. The van der Waals surface area contributed by atoms with Gasteiger partial charge in [-0.2, -0.15) is 0 Å². The SMILES string of the molecule is C=C1CC(=C)[C@H](CO)C/C1=C/C=C1\CCC[C@]2(C)[C@@H]([C@@H](C)CCCC(C)(C)OC)CC[C@@H]12. The topological polar surface area (TPSA) is 29.5 Å². The van der Waals surface area contributed by atoms with E-state index in [2.05, 4.69) is 53.0 Å². The zero-order chi connectivity index (χ0) is 23.5. The second-order valence-electron chi connectivity index (χ2n) is 11.9. The molecule has 0 radical (unpaired) electrons. The molecule has 0 unspecified atom stereocenters. The third-order valence-electron chi connectivity index (χ3n) is 9.37. The summed E-state index contributed by atoms with van der Waals surface area (Å²) in [5.74, 6) is 2.55. The molecule has 3 fully saturated rings. The van der Waals surface area contributed by atoms with E-state index in [4.69, 9.17) is 4.74 Å². The van der Waals surface area contributed by atoms with E-state index in [9.17, 15) is 5.11 Å². The monoisotopic (exact) mass is 440 g/mol. The van der Waals surface area contributed by atoms with Crippen LogP contribution < -0.4 is 0 Å². The highest BCUT2D eigenvalue weighted by Gasteiger charge is 2.50. The minimum absolute atomic E-state index is 0.000597. The van der Waals surface area contributed by atoms with Crippen LogP contribution in [0, 0.1) is 29.1 Å². The fourth-order valence-corrected chi connectivity index (χ4v) is 7.04. The standard InChI is InChI=1S/C30H48O2/c1-21(10-8-16-29(4,5)32-7)27-14-15-28-24(11-9-17-30(27,28)6)12-13-25-19-26(20-31)23(3)18-22(25)2/h12-13,21,26-28,31H,2-3,8-11,14-20H2,1,4-7H3/b24-12+,25-13-/t21-,26-,27+,28-,30+/m0/s1. The van der Waals surface area contributed by atoms with Gasteiger partial charge in [-0.1, -0.05) is 63.1 Å². The molecule has 3 aliphatic rings. The van der Waals surface area contributed by atoms with Gasteiger partial charge >= 0.3 is 0 Å². The van der Waals surface area contributed by atoms with Gasteiger partial charge in [-0.3, -0.25) is 0 Å². The molecule has 0 heterocycles. The van der Waals surface area contributed by atoms with Gasteiger partial charge in [0, 0.05) is 19.6 Å². The van der Waals surface area contributed by atoms with Crippen molar-refractivity contribution in [3.8, 4) is 0 Å². The van der Waals surface area contributed by atoms with E-state index >= 15 is 0 Å². The zero-order valence-corrected chi connectivity index (χ0v) is 21.5. The lowest BCUT2D eigenvalue weighted by Crippen LogP contribution is -2.36. The van der Waals surface area contributed by atoms with Gasteiger partial charge in [0.2, 0.25) is 0 Å². The number of hydrogen-bond donors (Lipinski definition) is 1. The maximum atomic E-state index is 9.70. The van der Waals surface area contributed by atoms with Crippen LogP contribution in [0.3, 0.4) is 0 Å². The van der Waals surface area contributed by atoms with Crippen LogP contribution in [-0.2, 0) is 4.74 Å². The molecule has 3 aliphatic carbocycles. The van der Waals surface area contributed by atoms with Crippen LogP contribution in [0.4, 0.5) is 0 Å². The molecule has 2 nitrogen and oxygen atoms in total. The van der Waals surface area contributed by atoms with Crippen LogP contribution in [0.25, 0.3) is 0 Å².